The molecule has 3 rings (SSSR count). The van der Waals surface area contributed by atoms with Crippen molar-refractivity contribution in [1.29, 1.82) is 0 Å². The van der Waals surface area contributed by atoms with E-state index in [1.54, 1.807) is 12.3 Å². The maximum Gasteiger partial charge on any atom is 0.345 e. The fourth-order valence-electron chi connectivity index (χ4n) is 1.67. The second kappa shape index (κ2) is 4.99. The smallest absolute Gasteiger partial charge is 0.345 e. The molecule has 0 fully saturated rings. The van der Waals surface area contributed by atoms with Crippen LogP contribution in [0.4, 0.5) is 0 Å². The van der Waals surface area contributed by atoms with Crippen LogP contribution in [0.25, 0.3) is 10.8 Å². The lowest BCUT2D eigenvalue weighted by atomic mass is 10.2. The van der Waals surface area contributed by atoms with Crippen molar-refractivity contribution in [3.05, 3.63) is 46.8 Å². The first kappa shape index (κ1) is 12.1. The Bertz CT molecular complexity index is 750. The van der Waals surface area contributed by atoms with E-state index in [0.717, 1.165) is 20.7 Å². The average molecular weight is 288 g/mol. The van der Waals surface area contributed by atoms with Crippen molar-refractivity contribution in [2.75, 3.05) is 0 Å². The third-order valence-corrected chi connectivity index (χ3v) is 4.57. The van der Waals surface area contributed by atoms with E-state index in [1.807, 2.05) is 29.6 Å². The molecule has 0 unspecified atom stereocenters. The highest BCUT2D eigenvalue weighted by molar-refractivity contribution is 7.99. The van der Waals surface area contributed by atoms with E-state index in [-0.39, 0.29) is 0 Å². The van der Waals surface area contributed by atoms with Gasteiger partial charge in [-0.25, -0.2) is 4.79 Å². The predicted molar refractivity (Wildman–Crippen MR) is 74.9 cm³/mol. The Kier molecular flexibility index (Phi) is 3.18. The first-order valence-electron chi connectivity index (χ1n) is 5.44. The number of rotatable bonds is 3. The quantitative estimate of drug-likeness (QED) is 0.798. The molecule has 0 spiro atoms. The van der Waals surface area contributed by atoms with Gasteiger partial charge in [0, 0.05) is 21.0 Å². The second-order valence-electron chi connectivity index (χ2n) is 3.79. The SMILES string of the molecule is O=C(O)c1cc(Sc2nncc3ccccc23)cs1. The normalized spacial score (nSPS) is 10.7. The fourth-order valence-corrected chi connectivity index (χ4v) is 3.48. The van der Waals surface area contributed by atoms with Crippen LogP contribution < -0.4 is 0 Å². The Hall–Kier alpha value is -1.92. The molecule has 1 aromatic carbocycles. The van der Waals surface area contributed by atoms with Gasteiger partial charge in [-0.3, -0.25) is 0 Å². The molecule has 3 aromatic rings. The number of nitrogens with zero attached hydrogens (tertiary/aromatic N) is 2. The van der Waals surface area contributed by atoms with Crippen LogP contribution in [-0.2, 0) is 0 Å². The number of thiophene rings is 1. The van der Waals surface area contributed by atoms with Gasteiger partial charge in [-0.05, 0) is 6.07 Å². The molecule has 1 N–H and O–H groups in total. The van der Waals surface area contributed by atoms with Gasteiger partial charge in [0.15, 0.2) is 0 Å². The zero-order valence-corrected chi connectivity index (χ0v) is 11.2. The van der Waals surface area contributed by atoms with Crippen LogP contribution in [0.5, 0.6) is 0 Å². The highest BCUT2D eigenvalue weighted by Gasteiger charge is 2.10. The summed E-state index contributed by atoms with van der Waals surface area (Å²) in [4.78, 5) is 12.1. The predicted octanol–water partition coefficient (Wildman–Crippen LogP) is 3.54. The number of carboxylic acid groups (broad SMARTS) is 1. The van der Waals surface area contributed by atoms with Crippen molar-refractivity contribution in [3.63, 3.8) is 0 Å². The molecule has 2 heterocycles. The third-order valence-electron chi connectivity index (χ3n) is 2.54. The lowest BCUT2D eigenvalue weighted by Crippen LogP contribution is -1.90. The van der Waals surface area contributed by atoms with Crippen LogP contribution in [0.3, 0.4) is 0 Å². The fraction of sp³-hybridized carbons (Fsp3) is 0. The van der Waals surface area contributed by atoms with Gasteiger partial charge < -0.3 is 5.11 Å². The molecule has 4 nitrogen and oxygen atoms in total. The summed E-state index contributed by atoms with van der Waals surface area (Å²) >= 11 is 2.64. The van der Waals surface area contributed by atoms with E-state index in [2.05, 4.69) is 10.2 Å². The van der Waals surface area contributed by atoms with Gasteiger partial charge in [-0.1, -0.05) is 36.0 Å². The first-order chi connectivity index (χ1) is 9.24. The lowest BCUT2D eigenvalue weighted by Gasteiger charge is -2.02. The summed E-state index contributed by atoms with van der Waals surface area (Å²) in [5, 5.41) is 21.6. The molecule has 0 radical (unpaired) electrons. The van der Waals surface area contributed by atoms with E-state index >= 15 is 0 Å². The molecule has 0 saturated heterocycles. The van der Waals surface area contributed by atoms with Gasteiger partial charge in [0.25, 0.3) is 0 Å². The van der Waals surface area contributed by atoms with Crippen molar-refractivity contribution >= 4 is 39.8 Å². The molecule has 0 aliphatic heterocycles. The van der Waals surface area contributed by atoms with Crippen LogP contribution in [0.15, 0.2) is 51.8 Å². The number of benzene rings is 1. The molecule has 94 valence electrons. The first-order valence-corrected chi connectivity index (χ1v) is 7.14. The van der Waals surface area contributed by atoms with Gasteiger partial charge >= 0.3 is 5.97 Å². The monoisotopic (exact) mass is 288 g/mol. The molecular formula is C13H8N2O2S2. The summed E-state index contributed by atoms with van der Waals surface area (Å²) in [6, 6.07) is 9.51. The topological polar surface area (TPSA) is 63.1 Å². The second-order valence-corrected chi connectivity index (χ2v) is 5.76. The molecule has 0 aliphatic rings. The van der Waals surface area contributed by atoms with Gasteiger partial charge in [-0.15, -0.1) is 16.4 Å². The Morgan fingerprint density at radius 1 is 1.32 bits per heavy atom. The summed E-state index contributed by atoms with van der Waals surface area (Å²) in [6.07, 6.45) is 1.72. The molecule has 6 heteroatoms. The average Bonchev–Trinajstić information content (AvgIpc) is 2.88. The van der Waals surface area contributed by atoms with Crippen molar-refractivity contribution in [3.8, 4) is 0 Å². The van der Waals surface area contributed by atoms with Crippen LogP contribution in [0, 0.1) is 0 Å². The minimum atomic E-state index is -0.902. The van der Waals surface area contributed by atoms with E-state index in [1.165, 1.54) is 23.1 Å². The zero-order chi connectivity index (χ0) is 13.2. The highest BCUT2D eigenvalue weighted by Crippen LogP contribution is 2.33. The largest absolute Gasteiger partial charge is 0.477 e. The number of fused-ring (bicyclic) bond motifs is 1. The van der Waals surface area contributed by atoms with Gasteiger partial charge in [0.2, 0.25) is 0 Å². The van der Waals surface area contributed by atoms with E-state index in [0.29, 0.717) is 4.88 Å². The number of aromatic nitrogens is 2. The van der Waals surface area contributed by atoms with Crippen molar-refractivity contribution in [2.24, 2.45) is 0 Å². The van der Waals surface area contributed by atoms with E-state index in [9.17, 15) is 4.79 Å². The Morgan fingerprint density at radius 2 is 2.16 bits per heavy atom. The number of hydrogen-bond acceptors (Lipinski definition) is 5. The highest BCUT2D eigenvalue weighted by atomic mass is 32.2. The minimum Gasteiger partial charge on any atom is -0.477 e. The maximum absolute atomic E-state index is 10.9. The van der Waals surface area contributed by atoms with Gasteiger partial charge in [0.1, 0.15) is 9.90 Å². The van der Waals surface area contributed by atoms with Crippen LogP contribution in [-0.4, -0.2) is 21.3 Å². The summed E-state index contributed by atoms with van der Waals surface area (Å²) in [5.74, 6) is -0.902. The van der Waals surface area contributed by atoms with Gasteiger partial charge in [0.05, 0.1) is 6.20 Å². The van der Waals surface area contributed by atoms with Gasteiger partial charge in [-0.2, -0.15) is 5.10 Å². The summed E-state index contributed by atoms with van der Waals surface area (Å²) < 4.78 is 0. The Balaban J connectivity index is 1.98. The number of carbonyl (C=O) groups is 1. The molecule has 0 saturated carbocycles. The van der Waals surface area contributed by atoms with Crippen molar-refractivity contribution in [1.82, 2.24) is 10.2 Å². The molecule has 0 bridgehead atoms. The standard InChI is InChI=1S/C13H8N2O2S2/c16-13(17)11-5-9(7-18-11)19-12-10-4-2-1-3-8(10)6-14-15-12/h1-7H,(H,16,17). The number of hydrogen-bond donors (Lipinski definition) is 1. The maximum atomic E-state index is 10.9. The van der Waals surface area contributed by atoms with Crippen molar-refractivity contribution < 1.29 is 9.90 Å². The molecule has 0 aliphatic carbocycles. The van der Waals surface area contributed by atoms with Crippen LogP contribution in [0.2, 0.25) is 0 Å². The molecule has 19 heavy (non-hydrogen) atoms. The van der Waals surface area contributed by atoms with E-state index < -0.39 is 5.97 Å². The zero-order valence-electron chi connectivity index (χ0n) is 9.61. The number of aromatic carboxylic acids is 1. The van der Waals surface area contributed by atoms with E-state index in [4.69, 9.17) is 5.11 Å². The molecular weight excluding hydrogens is 280 g/mol. The van der Waals surface area contributed by atoms with Crippen LogP contribution in [0.1, 0.15) is 9.67 Å². The Morgan fingerprint density at radius 3 is 2.95 bits per heavy atom. The summed E-state index contributed by atoms with van der Waals surface area (Å²) in [6.45, 7) is 0. The summed E-state index contributed by atoms with van der Waals surface area (Å²) in [5.41, 5.74) is 0. The Labute approximate surface area is 117 Å². The lowest BCUT2D eigenvalue weighted by molar-refractivity contribution is 0.0702. The molecule has 0 amide bonds. The minimum absolute atomic E-state index is 0.329. The molecule has 0 atom stereocenters. The van der Waals surface area contributed by atoms with Crippen LogP contribution >= 0.6 is 23.1 Å². The summed E-state index contributed by atoms with van der Waals surface area (Å²) in [7, 11) is 0. The molecule has 2 aromatic heterocycles. The third kappa shape index (κ3) is 2.45. The number of carboxylic acids is 1. The van der Waals surface area contributed by atoms with Crippen molar-refractivity contribution in [2.45, 2.75) is 9.92 Å².